The predicted octanol–water partition coefficient (Wildman–Crippen LogP) is 1.05. The standard InChI is InChI=1S/C12H22N2O2.ClH/c1-14(6-4-10-2-3-10)12(15)8-11-9-16-7-5-13-11;/h10-11,13H,2-9H2,1H3;1H. The fourth-order valence-electron chi connectivity index (χ4n) is 2.02. The van der Waals surface area contributed by atoms with Crippen molar-refractivity contribution in [1.29, 1.82) is 0 Å². The van der Waals surface area contributed by atoms with Crippen molar-refractivity contribution in [2.45, 2.75) is 31.7 Å². The first-order valence-corrected chi connectivity index (χ1v) is 6.31. The van der Waals surface area contributed by atoms with Gasteiger partial charge in [-0.25, -0.2) is 0 Å². The Labute approximate surface area is 109 Å². The molecule has 2 aliphatic rings. The van der Waals surface area contributed by atoms with Crippen LogP contribution in [0.3, 0.4) is 0 Å². The highest BCUT2D eigenvalue weighted by atomic mass is 35.5. The van der Waals surface area contributed by atoms with Gasteiger partial charge >= 0.3 is 0 Å². The predicted molar refractivity (Wildman–Crippen MR) is 69.5 cm³/mol. The molecule has 0 aromatic rings. The number of nitrogens with one attached hydrogen (secondary N) is 1. The normalized spacial score (nSPS) is 23.9. The molecule has 2 fully saturated rings. The quantitative estimate of drug-likeness (QED) is 0.805. The number of ether oxygens (including phenoxy) is 1. The van der Waals surface area contributed by atoms with E-state index >= 15 is 0 Å². The topological polar surface area (TPSA) is 41.6 Å². The van der Waals surface area contributed by atoms with E-state index in [9.17, 15) is 4.79 Å². The van der Waals surface area contributed by atoms with Crippen LogP contribution in [-0.2, 0) is 9.53 Å². The van der Waals surface area contributed by atoms with Gasteiger partial charge in [-0.2, -0.15) is 0 Å². The number of morpholine rings is 1. The maximum atomic E-state index is 11.9. The summed E-state index contributed by atoms with van der Waals surface area (Å²) in [7, 11) is 1.91. The molecular weight excluding hydrogens is 240 g/mol. The van der Waals surface area contributed by atoms with Crippen LogP contribution in [0.5, 0.6) is 0 Å². The van der Waals surface area contributed by atoms with Gasteiger partial charge in [0.2, 0.25) is 5.91 Å². The summed E-state index contributed by atoms with van der Waals surface area (Å²) in [6.07, 6.45) is 4.47. The summed E-state index contributed by atoms with van der Waals surface area (Å²) in [5.41, 5.74) is 0. The molecule has 0 bridgehead atoms. The Morgan fingerprint density at radius 3 is 2.82 bits per heavy atom. The zero-order valence-electron chi connectivity index (χ0n) is 10.5. The van der Waals surface area contributed by atoms with Crippen LogP contribution >= 0.6 is 12.4 Å². The van der Waals surface area contributed by atoms with E-state index in [0.717, 1.165) is 25.6 Å². The average molecular weight is 263 g/mol. The van der Waals surface area contributed by atoms with Crippen LogP contribution in [0.15, 0.2) is 0 Å². The molecule has 1 aliphatic heterocycles. The summed E-state index contributed by atoms with van der Waals surface area (Å²) in [6.45, 7) is 3.21. The van der Waals surface area contributed by atoms with Crippen LogP contribution in [0.25, 0.3) is 0 Å². The Morgan fingerprint density at radius 2 is 2.24 bits per heavy atom. The smallest absolute Gasteiger partial charge is 0.223 e. The minimum absolute atomic E-state index is 0. The molecule has 17 heavy (non-hydrogen) atoms. The van der Waals surface area contributed by atoms with Crippen molar-refractivity contribution >= 4 is 18.3 Å². The van der Waals surface area contributed by atoms with E-state index in [1.807, 2.05) is 11.9 Å². The fraction of sp³-hybridized carbons (Fsp3) is 0.917. The Kier molecular flexibility index (Phi) is 6.23. The van der Waals surface area contributed by atoms with Crippen LogP contribution in [0.2, 0.25) is 0 Å². The molecule has 1 N–H and O–H groups in total. The van der Waals surface area contributed by atoms with Gasteiger partial charge in [-0.3, -0.25) is 4.79 Å². The monoisotopic (exact) mass is 262 g/mol. The molecule has 100 valence electrons. The number of hydrogen-bond acceptors (Lipinski definition) is 3. The van der Waals surface area contributed by atoms with Crippen LogP contribution < -0.4 is 5.32 Å². The summed E-state index contributed by atoms with van der Waals surface area (Å²) in [5, 5.41) is 3.31. The molecule has 0 aromatic heterocycles. The molecule has 1 amide bonds. The second-order valence-electron chi connectivity index (χ2n) is 4.98. The van der Waals surface area contributed by atoms with Crippen molar-refractivity contribution in [3.05, 3.63) is 0 Å². The van der Waals surface area contributed by atoms with Crippen LogP contribution in [-0.4, -0.2) is 50.2 Å². The Morgan fingerprint density at radius 1 is 1.47 bits per heavy atom. The van der Waals surface area contributed by atoms with Crippen molar-refractivity contribution in [2.75, 3.05) is 33.4 Å². The van der Waals surface area contributed by atoms with Crippen LogP contribution in [0.4, 0.5) is 0 Å². The SMILES string of the molecule is CN(CCC1CC1)C(=O)CC1COCCN1.Cl. The average Bonchev–Trinajstić information content (AvgIpc) is 3.11. The molecule has 0 aromatic carbocycles. The minimum atomic E-state index is 0. The number of halogens is 1. The van der Waals surface area contributed by atoms with E-state index in [1.54, 1.807) is 0 Å². The molecule has 2 rings (SSSR count). The third-order valence-corrected chi connectivity index (χ3v) is 3.41. The maximum absolute atomic E-state index is 11.9. The maximum Gasteiger partial charge on any atom is 0.223 e. The Bertz CT molecular complexity index is 241. The summed E-state index contributed by atoms with van der Waals surface area (Å²) in [4.78, 5) is 13.7. The van der Waals surface area contributed by atoms with Crippen molar-refractivity contribution in [1.82, 2.24) is 10.2 Å². The highest BCUT2D eigenvalue weighted by molar-refractivity contribution is 5.85. The van der Waals surface area contributed by atoms with Gasteiger partial charge in [-0.15, -0.1) is 12.4 Å². The second kappa shape index (κ2) is 7.19. The van der Waals surface area contributed by atoms with Gasteiger partial charge in [0.15, 0.2) is 0 Å². The Balaban J connectivity index is 0.00000144. The number of carbonyl (C=O) groups excluding carboxylic acids is 1. The molecular formula is C12H23ClN2O2. The summed E-state index contributed by atoms with van der Waals surface area (Å²) in [5.74, 6) is 1.13. The summed E-state index contributed by atoms with van der Waals surface area (Å²) >= 11 is 0. The van der Waals surface area contributed by atoms with E-state index in [1.165, 1.54) is 19.3 Å². The first-order chi connectivity index (χ1) is 7.75. The molecule has 0 spiro atoms. The highest BCUT2D eigenvalue weighted by Gasteiger charge is 2.23. The molecule has 0 radical (unpaired) electrons. The van der Waals surface area contributed by atoms with Gasteiger partial charge in [0.1, 0.15) is 0 Å². The van der Waals surface area contributed by atoms with Crippen molar-refractivity contribution < 1.29 is 9.53 Å². The molecule has 1 heterocycles. The third-order valence-electron chi connectivity index (χ3n) is 3.41. The largest absolute Gasteiger partial charge is 0.378 e. The molecule has 5 heteroatoms. The first kappa shape index (κ1) is 14.7. The van der Waals surface area contributed by atoms with Gasteiger partial charge in [0, 0.05) is 32.6 Å². The van der Waals surface area contributed by atoms with E-state index < -0.39 is 0 Å². The number of rotatable bonds is 5. The number of nitrogens with zero attached hydrogens (tertiary/aromatic N) is 1. The molecule has 1 saturated heterocycles. The van der Waals surface area contributed by atoms with Gasteiger partial charge < -0.3 is 15.0 Å². The van der Waals surface area contributed by atoms with Crippen molar-refractivity contribution in [3.8, 4) is 0 Å². The Hall–Kier alpha value is -0.320. The number of carbonyl (C=O) groups is 1. The second-order valence-corrected chi connectivity index (χ2v) is 4.98. The molecule has 1 aliphatic carbocycles. The third kappa shape index (κ3) is 5.23. The van der Waals surface area contributed by atoms with Gasteiger partial charge in [-0.1, -0.05) is 12.8 Å². The van der Waals surface area contributed by atoms with Gasteiger partial charge in [0.05, 0.1) is 13.2 Å². The molecule has 1 unspecified atom stereocenters. The lowest BCUT2D eigenvalue weighted by Gasteiger charge is -2.25. The van der Waals surface area contributed by atoms with Crippen LogP contribution in [0.1, 0.15) is 25.7 Å². The van der Waals surface area contributed by atoms with Crippen LogP contribution in [0, 0.1) is 5.92 Å². The lowest BCUT2D eigenvalue weighted by atomic mass is 10.1. The van der Waals surface area contributed by atoms with E-state index in [-0.39, 0.29) is 24.4 Å². The fourth-order valence-corrected chi connectivity index (χ4v) is 2.02. The van der Waals surface area contributed by atoms with E-state index in [4.69, 9.17) is 4.74 Å². The molecule has 1 atom stereocenters. The molecule has 4 nitrogen and oxygen atoms in total. The lowest BCUT2D eigenvalue weighted by Crippen LogP contribution is -2.44. The zero-order chi connectivity index (χ0) is 11.4. The van der Waals surface area contributed by atoms with Gasteiger partial charge in [0.25, 0.3) is 0 Å². The lowest BCUT2D eigenvalue weighted by molar-refractivity contribution is -0.131. The van der Waals surface area contributed by atoms with E-state index in [2.05, 4.69) is 5.32 Å². The summed E-state index contributed by atoms with van der Waals surface area (Å²) < 4.78 is 5.34. The van der Waals surface area contributed by atoms with Gasteiger partial charge in [-0.05, 0) is 12.3 Å². The number of amides is 1. The number of hydrogen-bond donors (Lipinski definition) is 1. The van der Waals surface area contributed by atoms with Crippen molar-refractivity contribution in [3.63, 3.8) is 0 Å². The summed E-state index contributed by atoms with van der Waals surface area (Å²) in [6, 6.07) is 0.213. The minimum Gasteiger partial charge on any atom is -0.378 e. The molecule has 1 saturated carbocycles. The van der Waals surface area contributed by atoms with E-state index in [0.29, 0.717) is 13.0 Å². The van der Waals surface area contributed by atoms with Crippen molar-refractivity contribution in [2.24, 2.45) is 5.92 Å². The highest BCUT2D eigenvalue weighted by Crippen LogP contribution is 2.32. The first-order valence-electron chi connectivity index (χ1n) is 6.31. The zero-order valence-corrected chi connectivity index (χ0v) is 11.3.